The van der Waals surface area contributed by atoms with Gasteiger partial charge in [0.05, 0.1) is 18.2 Å². The van der Waals surface area contributed by atoms with Gasteiger partial charge in [0.1, 0.15) is 0 Å². The summed E-state index contributed by atoms with van der Waals surface area (Å²) in [4.78, 5) is 0. The molecule has 1 aromatic carbocycles. The molecule has 0 atom stereocenters. The van der Waals surface area contributed by atoms with Gasteiger partial charge in [0.15, 0.2) is 0 Å². The van der Waals surface area contributed by atoms with E-state index >= 15 is 0 Å². The molecule has 17 heavy (non-hydrogen) atoms. The van der Waals surface area contributed by atoms with E-state index in [0.717, 1.165) is 0 Å². The Kier molecular flexibility index (Phi) is 5.74. The van der Waals surface area contributed by atoms with Crippen molar-refractivity contribution in [3.8, 4) is 11.6 Å². The van der Waals surface area contributed by atoms with Crippen LogP contribution in [0.5, 0.6) is 0 Å². The normalized spacial score (nSPS) is 10.8. The third-order valence-electron chi connectivity index (χ3n) is 1.80. The lowest BCUT2D eigenvalue weighted by molar-refractivity contribution is 0.230. The summed E-state index contributed by atoms with van der Waals surface area (Å²) < 4.78 is 22.1. The first-order chi connectivity index (χ1) is 8.11. The van der Waals surface area contributed by atoms with Gasteiger partial charge in [-0.25, -0.2) is 4.57 Å². The van der Waals surface area contributed by atoms with Crippen LogP contribution in [0.3, 0.4) is 0 Å². The van der Waals surface area contributed by atoms with Gasteiger partial charge in [-0.3, -0.25) is 9.05 Å². The largest absolute Gasteiger partial charge is 0.405 e. The second-order valence-electron chi connectivity index (χ2n) is 3.05. The maximum absolute atomic E-state index is 12.0. The summed E-state index contributed by atoms with van der Waals surface area (Å²) in [6, 6.07) is 7.08. The fraction of sp³-hybridized carbons (Fsp3) is 0.333. The van der Waals surface area contributed by atoms with Crippen LogP contribution in [0.2, 0.25) is 5.02 Å². The second-order valence-corrected chi connectivity index (χ2v) is 5.19. The fourth-order valence-corrected chi connectivity index (χ4v) is 2.46. The van der Waals surface area contributed by atoms with Gasteiger partial charge < -0.3 is 0 Å². The van der Waals surface area contributed by atoms with Crippen LogP contribution in [0, 0.1) is 11.6 Å². The number of hydrogen-bond acceptors (Lipinski definition) is 3. The average molecular weight is 273 g/mol. The second kappa shape index (κ2) is 6.83. The maximum atomic E-state index is 12.0. The van der Waals surface area contributed by atoms with E-state index in [1.165, 1.54) is 0 Å². The van der Waals surface area contributed by atoms with E-state index in [-0.39, 0.29) is 13.2 Å². The summed E-state index contributed by atoms with van der Waals surface area (Å²) >= 11 is 5.93. The summed E-state index contributed by atoms with van der Waals surface area (Å²) in [7, 11) is -3.32. The molecule has 0 N–H and O–H groups in total. The highest BCUT2D eigenvalue weighted by molar-refractivity contribution is 7.59. The van der Waals surface area contributed by atoms with Crippen LogP contribution in [0.4, 0.5) is 0 Å². The van der Waals surface area contributed by atoms with E-state index in [1.807, 2.05) is 6.07 Å². The Balaban J connectivity index is 2.96. The molecule has 0 unspecified atom stereocenters. The first kappa shape index (κ1) is 14.3. The van der Waals surface area contributed by atoms with Crippen molar-refractivity contribution in [2.24, 2.45) is 0 Å². The first-order valence-electron chi connectivity index (χ1n) is 5.28. The molecule has 0 aliphatic heterocycles. The first-order valence-corrected chi connectivity index (χ1v) is 7.20. The summed E-state index contributed by atoms with van der Waals surface area (Å²) in [6.45, 7) is 4.05. The molecule has 0 bridgehead atoms. The van der Waals surface area contributed by atoms with Crippen LogP contribution in [0.1, 0.15) is 19.4 Å². The lowest BCUT2D eigenvalue weighted by Gasteiger charge is -2.09. The summed E-state index contributed by atoms with van der Waals surface area (Å²) in [5.41, 5.74) is 3.14. The molecule has 0 aromatic heterocycles. The summed E-state index contributed by atoms with van der Waals surface area (Å²) in [6.07, 6.45) is 0. The average Bonchev–Trinajstić information content (AvgIpc) is 2.29. The highest BCUT2D eigenvalue weighted by atomic mass is 35.5. The Bertz CT molecular complexity index is 466. The molecule has 0 aliphatic carbocycles. The molecule has 0 saturated carbocycles. The van der Waals surface area contributed by atoms with Crippen molar-refractivity contribution < 1.29 is 13.6 Å². The molecule has 0 radical (unpaired) electrons. The maximum Gasteiger partial charge on any atom is 0.405 e. The molecule has 0 saturated heterocycles. The Morgan fingerprint density at radius 1 is 1.24 bits per heavy atom. The predicted molar refractivity (Wildman–Crippen MR) is 69.2 cm³/mol. The zero-order valence-corrected chi connectivity index (χ0v) is 11.4. The van der Waals surface area contributed by atoms with Crippen molar-refractivity contribution in [3.63, 3.8) is 0 Å². The van der Waals surface area contributed by atoms with E-state index in [1.54, 1.807) is 32.0 Å². The monoisotopic (exact) mass is 272 g/mol. The molecule has 3 nitrogen and oxygen atoms in total. The standard InChI is InChI=1S/C12H14ClO3P/c1-3-15-17(14,16-4-2)10-9-11-7-5-6-8-12(11)13/h5-8H,3-4H2,1-2H3. The van der Waals surface area contributed by atoms with Crippen LogP contribution in [-0.4, -0.2) is 13.2 Å². The molecule has 0 fully saturated rings. The van der Waals surface area contributed by atoms with Gasteiger partial charge in [0, 0.05) is 11.2 Å². The van der Waals surface area contributed by atoms with Crippen LogP contribution in [0.15, 0.2) is 24.3 Å². The highest BCUT2D eigenvalue weighted by Crippen LogP contribution is 2.46. The van der Waals surface area contributed by atoms with Crippen LogP contribution in [-0.2, 0) is 13.6 Å². The zero-order valence-electron chi connectivity index (χ0n) is 9.77. The van der Waals surface area contributed by atoms with Crippen LogP contribution in [0.25, 0.3) is 0 Å². The molecule has 0 spiro atoms. The summed E-state index contributed by atoms with van der Waals surface area (Å²) in [5.74, 6) is 2.73. The van der Waals surface area contributed by atoms with Gasteiger partial charge >= 0.3 is 7.60 Å². The van der Waals surface area contributed by atoms with E-state index in [9.17, 15) is 4.57 Å². The zero-order chi connectivity index (χ0) is 12.7. The molecule has 0 aliphatic rings. The number of halogens is 1. The molecule has 5 heteroatoms. The highest BCUT2D eigenvalue weighted by Gasteiger charge is 2.19. The quantitative estimate of drug-likeness (QED) is 0.616. The Morgan fingerprint density at radius 2 is 1.82 bits per heavy atom. The van der Waals surface area contributed by atoms with Gasteiger partial charge in [-0.1, -0.05) is 29.7 Å². The van der Waals surface area contributed by atoms with Gasteiger partial charge in [-0.15, -0.1) is 0 Å². The lowest BCUT2D eigenvalue weighted by atomic mass is 10.2. The molecule has 0 amide bonds. The Morgan fingerprint density at radius 3 is 2.35 bits per heavy atom. The van der Waals surface area contributed by atoms with Crippen molar-refractivity contribution in [3.05, 3.63) is 34.9 Å². The number of benzene rings is 1. The third kappa shape index (κ3) is 4.53. The van der Waals surface area contributed by atoms with Crippen LogP contribution >= 0.6 is 19.2 Å². The number of hydrogen-bond donors (Lipinski definition) is 0. The van der Waals surface area contributed by atoms with Crippen molar-refractivity contribution in [2.75, 3.05) is 13.2 Å². The van der Waals surface area contributed by atoms with Gasteiger partial charge in [0.2, 0.25) is 0 Å². The Hall–Kier alpha value is -0.780. The minimum atomic E-state index is -3.32. The van der Waals surface area contributed by atoms with E-state index < -0.39 is 7.60 Å². The molecule has 1 aromatic rings. The van der Waals surface area contributed by atoms with Crippen LogP contribution < -0.4 is 0 Å². The molecular weight excluding hydrogens is 259 g/mol. The fourth-order valence-electron chi connectivity index (χ4n) is 1.13. The lowest BCUT2D eigenvalue weighted by Crippen LogP contribution is -1.93. The molecule has 1 rings (SSSR count). The van der Waals surface area contributed by atoms with Crippen molar-refractivity contribution in [1.82, 2.24) is 0 Å². The van der Waals surface area contributed by atoms with E-state index in [2.05, 4.69) is 11.6 Å². The predicted octanol–water partition coefficient (Wildman–Crippen LogP) is 3.92. The van der Waals surface area contributed by atoms with E-state index in [0.29, 0.717) is 10.6 Å². The van der Waals surface area contributed by atoms with Crippen molar-refractivity contribution >= 4 is 19.2 Å². The van der Waals surface area contributed by atoms with Gasteiger partial charge in [-0.05, 0) is 26.0 Å². The van der Waals surface area contributed by atoms with Crippen molar-refractivity contribution in [2.45, 2.75) is 13.8 Å². The van der Waals surface area contributed by atoms with E-state index in [4.69, 9.17) is 20.6 Å². The minimum Gasteiger partial charge on any atom is -0.300 e. The minimum absolute atomic E-state index is 0.286. The topological polar surface area (TPSA) is 35.5 Å². The van der Waals surface area contributed by atoms with Crippen molar-refractivity contribution in [1.29, 1.82) is 0 Å². The number of rotatable bonds is 4. The summed E-state index contributed by atoms with van der Waals surface area (Å²) in [5, 5.41) is 0.513. The molecule has 92 valence electrons. The van der Waals surface area contributed by atoms with Gasteiger partial charge in [0.25, 0.3) is 0 Å². The SMILES string of the molecule is CCOP(=O)(C#Cc1ccccc1Cl)OCC. The Labute approximate surface area is 107 Å². The smallest absolute Gasteiger partial charge is 0.300 e. The molecular formula is C12H14ClO3P. The molecule has 0 heterocycles. The third-order valence-corrected chi connectivity index (χ3v) is 3.71. The van der Waals surface area contributed by atoms with Gasteiger partial charge in [-0.2, -0.15) is 0 Å².